The maximum Gasteiger partial charge on any atom is 0.171 e. The van der Waals surface area contributed by atoms with Gasteiger partial charge in [0.25, 0.3) is 0 Å². The van der Waals surface area contributed by atoms with E-state index >= 15 is 0 Å². The fourth-order valence-corrected chi connectivity index (χ4v) is 8.13. The second-order valence-electron chi connectivity index (χ2n) is 10.2. The van der Waals surface area contributed by atoms with Gasteiger partial charge in [-0.15, -0.1) is 0 Å². The summed E-state index contributed by atoms with van der Waals surface area (Å²) in [7, 11) is -3.05. The van der Waals surface area contributed by atoms with Crippen LogP contribution in [-0.4, -0.2) is 9.97 Å². The minimum absolute atomic E-state index is 0.798. The van der Waals surface area contributed by atoms with Crippen LogP contribution in [0, 0.1) is 0 Å². The van der Waals surface area contributed by atoms with Crippen LogP contribution in [0.25, 0.3) is 44.7 Å². The van der Waals surface area contributed by atoms with Gasteiger partial charge in [0, 0.05) is 32.6 Å². The molecule has 200 valence electrons. The Morgan fingerprint density at radius 1 is 0.381 bits per heavy atom. The highest BCUT2D eigenvalue weighted by Crippen LogP contribution is 2.43. The van der Waals surface area contributed by atoms with Crippen molar-refractivity contribution in [1.82, 2.24) is 9.97 Å². The van der Waals surface area contributed by atoms with E-state index in [-0.39, 0.29) is 0 Å². The molecular formula is C38H27N2OP. The number of hydrogen-bond donors (Lipinski definition) is 0. The Hall–Kier alpha value is -5.11. The molecule has 1 heterocycles. The standard InChI is InChI=1S/C38H27N2OP/c41-42(31-18-9-3-10-19-31,32-20-11-4-12-21-32)33-26-24-28(25-27-33)34-22-13-23-35-38(34)40-37(30-16-7-2-8-17-30)36(39-35)29-14-5-1-6-15-29/h1-27H. The first kappa shape index (κ1) is 25.8. The summed E-state index contributed by atoms with van der Waals surface area (Å²) >= 11 is 0. The first-order valence-electron chi connectivity index (χ1n) is 14.0. The van der Waals surface area contributed by atoms with Crippen molar-refractivity contribution in [3.8, 4) is 33.6 Å². The maximum absolute atomic E-state index is 14.8. The molecule has 0 aliphatic rings. The predicted octanol–water partition coefficient (Wildman–Crippen LogP) is 8.27. The lowest BCUT2D eigenvalue weighted by atomic mass is 10.0. The van der Waals surface area contributed by atoms with Crippen LogP contribution in [0.3, 0.4) is 0 Å². The lowest BCUT2D eigenvalue weighted by Gasteiger charge is -2.20. The molecule has 4 heteroatoms. The molecule has 0 bridgehead atoms. The molecule has 7 aromatic rings. The van der Waals surface area contributed by atoms with Crippen LogP contribution in [0.5, 0.6) is 0 Å². The highest BCUT2D eigenvalue weighted by atomic mass is 31.2. The summed E-state index contributed by atoms with van der Waals surface area (Å²) in [4.78, 5) is 10.4. The number of para-hydroxylation sites is 1. The second-order valence-corrected chi connectivity index (χ2v) is 12.9. The van der Waals surface area contributed by atoms with E-state index in [4.69, 9.17) is 9.97 Å². The Bertz CT molecular complexity index is 1980. The van der Waals surface area contributed by atoms with Crippen molar-refractivity contribution in [1.29, 1.82) is 0 Å². The topological polar surface area (TPSA) is 42.9 Å². The molecular weight excluding hydrogens is 531 g/mol. The van der Waals surface area contributed by atoms with Crippen LogP contribution in [0.2, 0.25) is 0 Å². The lowest BCUT2D eigenvalue weighted by Crippen LogP contribution is -2.24. The van der Waals surface area contributed by atoms with Crippen molar-refractivity contribution in [2.24, 2.45) is 0 Å². The average molecular weight is 559 g/mol. The van der Waals surface area contributed by atoms with E-state index in [0.29, 0.717) is 0 Å². The monoisotopic (exact) mass is 558 g/mol. The maximum atomic E-state index is 14.8. The minimum atomic E-state index is -3.05. The van der Waals surface area contributed by atoms with E-state index in [2.05, 4.69) is 42.5 Å². The van der Waals surface area contributed by atoms with E-state index in [9.17, 15) is 4.57 Å². The Kier molecular flexibility index (Phi) is 6.79. The predicted molar refractivity (Wildman–Crippen MR) is 175 cm³/mol. The summed E-state index contributed by atoms with van der Waals surface area (Å²) in [6.45, 7) is 0. The van der Waals surface area contributed by atoms with Crippen molar-refractivity contribution >= 4 is 34.1 Å². The lowest BCUT2D eigenvalue weighted by molar-refractivity contribution is 0.592. The van der Waals surface area contributed by atoms with E-state index in [1.807, 2.05) is 121 Å². The van der Waals surface area contributed by atoms with Gasteiger partial charge in [-0.1, -0.05) is 158 Å². The normalized spacial score (nSPS) is 11.4. The summed E-state index contributed by atoms with van der Waals surface area (Å²) in [6.07, 6.45) is 0. The highest BCUT2D eigenvalue weighted by molar-refractivity contribution is 7.85. The van der Waals surface area contributed by atoms with E-state index < -0.39 is 7.14 Å². The molecule has 0 spiro atoms. The fourth-order valence-electron chi connectivity index (χ4n) is 5.48. The molecule has 0 aliphatic carbocycles. The molecule has 0 unspecified atom stereocenters. The van der Waals surface area contributed by atoms with Gasteiger partial charge in [-0.05, 0) is 11.6 Å². The van der Waals surface area contributed by atoms with Gasteiger partial charge >= 0.3 is 0 Å². The smallest absolute Gasteiger partial charge is 0.171 e. The van der Waals surface area contributed by atoms with Gasteiger partial charge in [-0.3, -0.25) is 0 Å². The minimum Gasteiger partial charge on any atom is -0.309 e. The summed E-state index contributed by atoms with van der Waals surface area (Å²) in [5, 5.41) is 2.44. The van der Waals surface area contributed by atoms with Crippen LogP contribution in [-0.2, 0) is 4.57 Å². The molecule has 7 rings (SSSR count). The molecule has 0 amide bonds. The van der Waals surface area contributed by atoms with Gasteiger partial charge in [0.05, 0.1) is 22.4 Å². The summed E-state index contributed by atoms with van der Waals surface area (Å²) in [6, 6.07) is 54.2. The van der Waals surface area contributed by atoms with Crippen LogP contribution in [0.1, 0.15) is 0 Å². The Morgan fingerprint density at radius 2 is 0.833 bits per heavy atom. The molecule has 1 aromatic heterocycles. The molecule has 0 N–H and O–H groups in total. The first-order chi connectivity index (χ1) is 20.7. The van der Waals surface area contributed by atoms with Gasteiger partial charge in [0.1, 0.15) is 0 Å². The summed E-state index contributed by atoms with van der Waals surface area (Å²) < 4.78 is 14.8. The molecule has 42 heavy (non-hydrogen) atoms. The number of nitrogens with zero attached hydrogens (tertiary/aromatic N) is 2. The number of aromatic nitrogens is 2. The summed E-state index contributed by atoms with van der Waals surface area (Å²) in [5.74, 6) is 0. The zero-order valence-electron chi connectivity index (χ0n) is 22.8. The Morgan fingerprint density at radius 3 is 1.36 bits per heavy atom. The van der Waals surface area contributed by atoms with E-state index in [0.717, 1.165) is 60.6 Å². The van der Waals surface area contributed by atoms with Crippen LogP contribution < -0.4 is 15.9 Å². The zero-order valence-corrected chi connectivity index (χ0v) is 23.7. The largest absolute Gasteiger partial charge is 0.309 e. The van der Waals surface area contributed by atoms with Crippen molar-refractivity contribution in [2.45, 2.75) is 0 Å². The molecule has 0 radical (unpaired) electrons. The SMILES string of the molecule is O=P(c1ccccc1)(c1ccccc1)c1ccc(-c2cccc3nc(-c4ccccc4)c(-c4ccccc4)nc23)cc1. The average Bonchev–Trinajstić information content (AvgIpc) is 3.08. The number of hydrogen-bond acceptors (Lipinski definition) is 3. The molecule has 0 saturated carbocycles. The van der Waals surface area contributed by atoms with Crippen molar-refractivity contribution in [3.05, 3.63) is 164 Å². The van der Waals surface area contributed by atoms with Gasteiger partial charge < -0.3 is 4.57 Å². The van der Waals surface area contributed by atoms with Crippen molar-refractivity contribution in [2.75, 3.05) is 0 Å². The second kappa shape index (κ2) is 11.0. The quantitative estimate of drug-likeness (QED) is 0.193. The third-order valence-corrected chi connectivity index (χ3v) is 10.6. The van der Waals surface area contributed by atoms with Gasteiger partial charge in [-0.25, -0.2) is 9.97 Å². The van der Waals surface area contributed by atoms with Gasteiger partial charge in [0.15, 0.2) is 7.14 Å². The Labute approximate surface area is 245 Å². The van der Waals surface area contributed by atoms with E-state index in [1.54, 1.807) is 0 Å². The molecule has 0 saturated heterocycles. The summed E-state index contributed by atoms with van der Waals surface area (Å²) in [5.41, 5.74) is 7.38. The molecule has 6 aromatic carbocycles. The molecule has 0 fully saturated rings. The molecule has 0 aliphatic heterocycles. The molecule has 3 nitrogen and oxygen atoms in total. The van der Waals surface area contributed by atoms with Crippen LogP contribution in [0.15, 0.2) is 164 Å². The van der Waals surface area contributed by atoms with Crippen molar-refractivity contribution < 1.29 is 4.57 Å². The van der Waals surface area contributed by atoms with Gasteiger partial charge in [-0.2, -0.15) is 0 Å². The highest BCUT2D eigenvalue weighted by Gasteiger charge is 2.29. The molecule has 0 atom stereocenters. The van der Waals surface area contributed by atoms with E-state index in [1.165, 1.54) is 0 Å². The number of rotatable bonds is 6. The first-order valence-corrected chi connectivity index (χ1v) is 15.7. The Balaban J connectivity index is 1.38. The number of benzene rings is 6. The fraction of sp³-hybridized carbons (Fsp3) is 0. The van der Waals surface area contributed by atoms with Gasteiger partial charge in [0.2, 0.25) is 0 Å². The third-order valence-electron chi connectivity index (χ3n) is 7.57. The zero-order chi connectivity index (χ0) is 28.4. The van der Waals surface area contributed by atoms with Crippen molar-refractivity contribution in [3.63, 3.8) is 0 Å². The number of fused-ring (bicyclic) bond motifs is 1. The van der Waals surface area contributed by atoms with Crippen LogP contribution >= 0.6 is 7.14 Å². The third kappa shape index (κ3) is 4.64. The van der Waals surface area contributed by atoms with Crippen LogP contribution in [0.4, 0.5) is 0 Å².